The van der Waals surface area contributed by atoms with Crippen LogP contribution < -0.4 is 11.1 Å². The molecule has 0 saturated carbocycles. The molecule has 1 aromatic rings. The molecule has 0 bridgehead atoms. The smallest absolute Gasteiger partial charge is 0.0447 e. The van der Waals surface area contributed by atoms with Crippen molar-refractivity contribution in [1.29, 1.82) is 0 Å². The Labute approximate surface area is 106 Å². The number of hydrogen-bond donors (Lipinski definition) is 2. The first-order chi connectivity index (χ1) is 7.77. The second-order valence-electron chi connectivity index (χ2n) is 4.52. The van der Waals surface area contributed by atoms with E-state index in [9.17, 15) is 0 Å². The van der Waals surface area contributed by atoms with Crippen LogP contribution in [0.15, 0.2) is 28.7 Å². The number of rotatable bonds is 3. The van der Waals surface area contributed by atoms with Gasteiger partial charge >= 0.3 is 0 Å². The highest BCUT2D eigenvalue weighted by Gasteiger charge is 2.32. The lowest BCUT2D eigenvalue weighted by atomic mass is 9.80. The largest absolute Gasteiger partial charge is 0.330 e. The standard InChI is InChI=1S/C13H19BrN2/c14-12-5-3-4-11(10-12)13(7-8-15)6-1-2-9-16-13/h3-5,10,16H,1-2,6-9,15H2. The number of hydrogen-bond acceptors (Lipinski definition) is 2. The van der Waals surface area contributed by atoms with Crippen molar-refractivity contribution in [2.24, 2.45) is 5.73 Å². The van der Waals surface area contributed by atoms with Gasteiger partial charge in [0.1, 0.15) is 0 Å². The van der Waals surface area contributed by atoms with Crippen LogP contribution in [0.3, 0.4) is 0 Å². The van der Waals surface area contributed by atoms with Crippen molar-refractivity contribution in [2.45, 2.75) is 31.2 Å². The second kappa shape index (κ2) is 5.30. The normalized spacial score (nSPS) is 25.6. The maximum atomic E-state index is 5.77. The Morgan fingerprint density at radius 1 is 1.38 bits per heavy atom. The molecule has 0 spiro atoms. The zero-order chi connectivity index (χ0) is 11.4. The van der Waals surface area contributed by atoms with E-state index in [1.165, 1.54) is 24.8 Å². The van der Waals surface area contributed by atoms with E-state index in [4.69, 9.17) is 5.73 Å². The highest BCUT2D eigenvalue weighted by atomic mass is 79.9. The average Bonchev–Trinajstić information content (AvgIpc) is 2.31. The van der Waals surface area contributed by atoms with Crippen molar-refractivity contribution in [1.82, 2.24) is 5.32 Å². The van der Waals surface area contributed by atoms with Crippen LogP contribution in [-0.4, -0.2) is 13.1 Å². The Hall–Kier alpha value is -0.380. The summed E-state index contributed by atoms with van der Waals surface area (Å²) in [5, 5.41) is 3.68. The summed E-state index contributed by atoms with van der Waals surface area (Å²) in [5.41, 5.74) is 7.24. The Morgan fingerprint density at radius 3 is 2.88 bits per heavy atom. The SMILES string of the molecule is NCCC1(c2cccc(Br)c2)CCCCN1. The molecule has 2 nitrogen and oxygen atoms in total. The first-order valence-electron chi connectivity index (χ1n) is 5.98. The van der Waals surface area contributed by atoms with Crippen LogP contribution in [0, 0.1) is 0 Å². The Kier molecular flexibility index (Phi) is 4.00. The van der Waals surface area contributed by atoms with E-state index < -0.39 is 0 Å². The summed E-state index contributed by atoms with van der Waals surface area (Å²) < 4.78 is 1.15. The molecule has 1 unspecified atom stereocenters. The molecule has 0 aliphatic carbocycles. The highest BCUT2D eigenvalue weighted by molar-refractivity contribution is 9.10. The molecule has 3 heteroatoms. The Balaban J connectivity index is 2.30. The van der Waals surface area contributed by atoms with Gasteiger partial charge in [-0.3, -0.25) is 0 Å². The average molecular weight is 283 g/mol. The summed E-state index contributed by atoms with van der Waals surface area (Å²) in [6.07, 6.45) is 4.78. The van der Waals surface area contributed by atoms with Gasteiger partial charge in [-0.15, -0.1) is 0 Å². The van der Waals surface area contributed by atoms with Crippen LogP contribution >= 0.6 is 15.9 Å². The molecule has 16 heavy (non-hydrogen) atoms. The van der Waals surface area contributed by atoms with Crippen molar-refractivity contribution in [3.8, 4) is 0 Å². The first-order valence-corrected chi connectivity index (χ1v) is 6.77. The fraction of sp³-hybridized carbons (Fsp3) is 0.538. The summed E-state index contributed by atoms with van der Waals surface area (Å²) >= 11 is 3.55. The molecule has 1 saturated heterocycles. The second-order valence-corrected chi connectivity index (χ2v) is 5.43. The number of benzene rings is 1. The van der Waals surface area contributed by atoms with Gasteiger partial charge in [0.05, 0.1) is 0 Å². The lowest BCUT2D eigenvalue weighted by Gasteiger charge is -2.39. The summed E-state index contributed by atoms with van der Waals surface area (Å²) in [5.74, 6) is 0. The van der Waals surface area contributed by atoms with E-state index in [-0.39, 0.29) is 5.54 Å². The lowest BCUT2D eigenvalue weighted by Crippen LogP contribution is -2.47. The zero-order valence-electron chi connectivity index (χ0n) is 9.51. The third-order valence-electron chi connectivity index (χ3n) is 3.44. The Morgan fingerprint density at radius 2 is 2.25 bits per heavy atom. The van der Waals surface area contributed by atoms with E-state index in [2.05, 4.69) is 45.5 Å². The van der Waals surface area contributed by atoms with Crippen LogP contribution in [0.2, 0.25) is 0 Å². The number of nitrogens with two attached hydrogens (primary N) is 1. The van der Waals surface area contributed by atoms with Gasteiger partial charge in [-0.1, -0.05) is 34.5 Å². The van der Waals surface area contributed by atoms with E-state index in [0.29, 0.717) is 0 Å². The van der Waals surface area contributed by atoms with Crippen LogP contribution in [0.4, 0.5) is 0 Å². The number of halogens is 1. The predicted octanol–water partition coefficient (Wildman–Crippen LogP) is 2.77. The maximum Gasteiger partial charge on any atom is 0.0447 e. The molecule has 1 atom stereocenters. The molecular formula is C13H19BrN2. The molecule has 0 amide bonds. The van der Waals surface area contributed by atoms with Crippen LogP contribution in [-0.2, 0) is 5.54 Å². The molecular weight excluding hydrogens is 264 g/mol. The van der Waals surface area contributed by atoms with Crippen molar-refractivity contribution in [3.05, 3.63) is 34.3 Å². The van der Waals surface area contributed by atoms with Gasteiger partial charge in [-0.25, -0.2) is 0 Å². The Bertz CT molecular complexity index is 340. The van der Waals surface area contributed by atoms with Crippen LogP contribution in [0.25, 0.3) is 0 Å². The van der Waals surface area contributed by atoms with Gasteiger partial charge in [0, 0.05) is 10.0 Å². The summed E-state index contributed by atoms with van der Waals surface area (Å²) in [4.78, 5) is 0. The van der Waals surface area contributed by atoms with Gasteiger partial charge in [0.15, 0.2) is 0 Å². The van der Waals surface area contributed by atoms with Crippen molar-refractivity contribution < 1.29 is 0 Å². The summed E-state index contributed by atoms with van der Waals surface area (Å²) in [6.45, 7) is 1.84. The highest BCUT2D eigenvalue weighted by Crippen LogP contribution is 2.34. The topological polar surface area (TPSA) is 38.0 Å². The molecule has 0 aromatic heterocycles. The van der Waals surface area contributed by atoms with Crippen molar-refractivity contribution >= 4 is 15.9 Å². The zero-order valence-corrected chi connectivity index (χ0v) is 11.1. The maximum absolute atomic E-state index is 5.77. The number of nitrogens with one attached hydrogen (secondary N) is 1. The quantitative estimate of drug-likeness (QED) is 0.895. The van der Waals surface area contributed by atoms with Crippen LogP contribution in [0.1, 0.15) is 31.2 Å². The van der Waals surface area contributed by atoms with Crippen molar-refractivity contribution in [3.63, 3.8) is 0 Å². The van der Waals surface area contributed by atoms with E-state index in [1.54, 1.807) is 0 Å². The molecule has 2 rings (SSSR count). The molecule has 3 N–H and O–H groups in total. The van der Waals surface area contributed by atoms with E-state index >= 15 is 0 Å². The fourth-order valence-electron chi connectivity index (χ4n) is 2.60. The first kappa shape index (κ1) is 12.1. The molecule has 1 aromatic carbocycles. The molecule has 0 radical (unpaired) electrons. The van der Waals surface area contributed by atoms with Gasteiger partial charge in [-0.05, 0) is 50.0 Å². The molecule has 1 heterocycles. The van der Waals surface area contributed by atoms with Gasteiger partial charge < -0.3 is 11.1 Å². The van der Waals surface area contributed by atoms with Gasteiger partial charge in [0.25, 0.3) is 0 Å². The van der Waals surface area contributed by atoms with Gasteiger partial charge in [-0.2, -0.15) is 0 Å². The predicted molar refractivity (Wildman–Crippen MR) is 71.3 cm³/mol. The molecule has 1 fully saturated rings. The third kappa shape index (κ3) is 2.47. The minimum absolute atomic E-state index is 0.108. The van der Waals surface area contributed by atoms with Crippen molar-refractivity contribution in [2.75, 3.05) is 13.1 Å². The molecule has 1 aliphatic heterocycles. The van der Waals surface area contributed by atoms with E-state index in [0.717, 1.165) is 24.0 Å². The van der Waals surface area contributed by atoms with E-state index in [1.807, 2.05) is 0 Å². The summed E-state index contributed by atoms with van der Waals surface area (Å²) in [7, 11) is 0. The van der Waals surface area contributed by atoms with Gasteiger partial charge in [0.2, 0.25) is 0 Å². The minimum atomic E-state index is 0.108. The molecule has 88 valence electrons. The number of piperidine rings is 1. The fourth-order valence-corrected chi connectivity index (χ4v) is 3.00. The van der Waals surface area contributed by atoms with Crippen LogP contribution in [0.5, 0.6) is 0 Å². The molecule has 1 aliphatic rings. The minimum Gasteiger partial charge on any atom is -0.330 e. The monoisotopic (exact) mass is 282 g/mol. The lowest BCUT2D eigenvalue weighted by molar-refractivity contribution is 0.243. The summed E-state index contributed by atoms with van der Waals surface area (Å²) in [6, 6.07) is 8.60. The third-order valence-corrected chi connectivity index (χ3v) is 3.94.